The average molecular weight is 901 g/mol. The van der Waals surface area contributed by atoms with Gasteiger partial charge >= 0.3 is 17.9 Å². The van der Waals surface area contributed by atoms with Crippen molar-refractivity contribution in [3.63, 3.8) is 0 Å². The number of esters is 3. The van der Waals surface area contributed by atoms with Gasteiger partial charge in [-0.25, -0.2) is 0 Å². The lowest BCUT2D eigenvalue weighted by atomic mass is 10.0. The zero-order valence-electron chi connectivity index (χ0n) is 43.1. The van der Waals surface area contributed by atoms with Crippen molar-refractivity contribution in [2.75, 3.05) is 13.2 Å². The third-order valence-corrected chi connectivity index (χ3v) is 12.7. The Hall–Kier alpha value is -2.11. The first-order valence-corrected chi connectivity index (χ1v) is 28.3. The molecule has 376 valence electrons. The average Bonchev–Trinajstić information content (AvgIpc) is 3.29. The predicted octanol–water partition coefficient (Wildman–Crippen LogP) is 18.7. The standard InChI is InChI=1S/C58H108O6/c1-4-7-10-13-16-19-22-25-27-28-29-31-33-36-39-42-45-48-51-57(60)63-54-55(53-62-56(59)50-47-44-41-38-35-32-24-21-18-15-12-9-6-3)64-58(61)52-49-46-43-40-37-34-30-26-23-20-17-14-11-8-5-2/h21,24,26,30,55H,4-20,22-23,25,27-29,31-54H2,1-3H3/b24-21-,30-26-/t55-/m1/s1. The maximum Gasteiger partial charge on any atom is 0.306 e. The molecular formula is C58H108O6. The molecule has 0 amide bonds. The van der Waals surface area contributed by atoms with Crippen molar-refractivity contribution in [2.24, 2.45) is 0 Å². The molecule has 0 aliphatic carbocycles. The summed E-state index contributed by atoms with van der Waals surface area (Å²) in [6.45, 7) is 6.65. The van der Waals surface area contributed by atoms with Crippen LogP contribution in [-0.2, 0) is 28.6 Å². The van der Waals surface area contributed by atoms with E-state index in [1.165, 1.54) is 199 Å². The van der Waals surface area contributed by atoms with E-state index in [1.54, 1.807) is 0 Å². The molecule has 6 heteroatoms. The van der Waals surface area contributed by atoms with Gasteiger partial charge in [-0.1, -0.05) is 244 Å². The summed E-state index contributed by atoms with van der Waals surface area (Å²) in [5.41, 5.74) is 0. The smallest absolute Gasteiger partial charge is 0.306 e. The van der Waals surface area contributed by atoms with Gasteiger partial charge in [0, 0.05) is 19.3 Å². The van der Waals surface area contributed by atoms with Gasteiger partial charge in [0.1, 0.15) is 13.2 Å². The summed E-state index contributed by atoms with van der Waals surface area (Å²) in [6.07, 6.45) is 61.6. The lowest BCUT2D eigenvalue weighted by Crippen LogP contribution is -2.30. The maximum atomic E-state index is 12.8. The fourth-order valence-electron chi connectivity index (χ4n) is 8.37. The monoisotopic (exact) mass is 901 g/mol. The van der Waals surface area contributed by atoms with Crippen LogP contribution < -0.4 is 0 Å². The van der Waals surface area contributed by atoms with Crippen LogP contribution in [-0.4, -0.2) is 37.2 Å². The normalized spacial score (nSPS) is 12.1. The minimum atomic E-state index is -0.774. The molecule has 0 saturated heterocycles. The highest BCUT2D eigenvalue weighted by atomic mass is 16.6. The van der Waals surface area contributed by atoms with Gasteiger partial charge < -0.3 is 14.2 Å². The van der Waals surface area contributed by atoms with E-state index in [-0.39, 0.29) is 31.1 Å². The van der Waals surface area contributed by atoms with Gasteiger partial charge in [0.25, 0.3) is 0 Å². The minimum absolute atomic E-state index is 0.0730. The number of hydrogen-bond acceptors (Lipinski definition) is 6. The third-order valence-electron chi connectivity index (χ3n) is 12.7. The zero-order chi connectivity index (χ0) is 46.5. The molecular weight excluding hydrogens is 793 g/mol. The lowest BCUT2D eigenvalue weighted by molar-refractivity contribution is -0.167. The first kappa shape index (κ1) is 61.9. The van der Waals surface area contributed by atoms with Crippen molar-refractivity contribution in [2.45, 2.75) is 316 Å². The van der Waals surface area contributed by atoms with E-state index < -0.39 is 6.10 Å². The largest absolute Gasteiger partial charge is 0.462 e. The number of hydrogen-bond donors (Lipinski definition) is 0. The molecule has 64 heavy (non-hydrogen) atoms. The quantitative estimate of drug-likeness (QED) is 0.0262. The molecule has 0 spiro atoms. The highest BCUT2D eigenvalue weighted by molar-refractivity contribution is 5.71. The van der Waals surface area contributed by atoms with Crippen LogP contribution in [0.15, 0.2) is 24.3 Å². The first-order valence-electron chi connectivity index (χ1n) is 28.3. The molecule has 6 nitrogen and oxygen atoms in total. The second-order valence-corrected chi connectivity index (χ2v) is 19.2. The van der Waals surface area contributed by atoms with E-state index in [1.807, 2.05) is 0 Å². The fraction of sp³-hybridized carbons (Fsp3) is 0.879. The molecule has 0 N–H and O–H groups in total. The van der Waals surface area contributed by atoms with Crippen molar-refractivity contribution in [1.29, 1.82) is 0 Å². The molecule has 0 saturated carbocycles. The summed E-state index contributed by atoms with van der Waals surface area (Å²) in [5.74, 6) is -0.873. The van der Waals surface area contributed by atoms with Gasteiger partial charge in [-0.2, -0.15) is 0 Å². The van der Waals surface area contributed by atoms with Crippen LogP contribution in [0.3, 0.4) is 0 Å². The Labute approximate surface area is 398 Å². The Kier molecular flexibility index (Phi) is 51.7. The van der Waals surface area contributed by atoms with Crippen LogP contribution in [0.4, 0.5) is 0 Å². The summed E-state index contributed by atoms with van der Waals surface area (Å²) in [5, 5.41) is 0. The van der Waals surface area contributed by atoms with Crippen LogP contribution in [0.25, 0.3) is 0 Å². The van der Waals surface area contributed by atoms with Crippen molar-refractivity contribution in [3.05, 3.63) is 24.3 Å². The molecule has 0 bridgehead atoms. The van der Waals surface area contributed by atoms with Gasteiger partial charge in [0.15, 0.2) is 6.10 Å². The number of unbranched alkanes of at least 4 members (excludes halogenated alkanes) is 37. The van der Waals surface area contributed by atoms with Crippen LogP contribution in [0.2, 0.25) is 0 Å². The van der Waals surface area contributed by atoms with Crippen LogP contribution in [0.5, 0.6) is 0 Å². The summed E-state index contributed by atoms with van der Waals surface area (Å²) in [4.78, 5) is 38.1. The van der Waals surface area contributed by atoms with Crippen LogP contribution in [0, 0.1) is 0 Å². The molecule has 0 aromatic carbocycles. The van der Waals surface area contributed by atoms with E-state index in [0.29, 0.717) is 19.3 Å². The number of carbonyl (C=O) groups excluding carboxylic acids is 3. The SMILES string of the molecule is CCCCCC/C=C\CCCCCCCC(=O)OC[C@H](COC(=O)CCCCCCCCCCCCCCCCCCCC)OC(=O)CCCCCCC/C=C\CCCCCCCC. The summed E-state index contributed by atoms with van der Waals surface area (Å²) >= 11 is 0. The van der Waals surface area contributed by atoms with E-state index >= 15 is 0 Å². The molecule has 0 rings (SSSR count). The lowest BCUT2D eigenvalue weighted by Gasteiger charge is -2.18. The summed E-state index contributed by atoms with van der Waals surface area (Å²) in [7, 11) is 0. The van der Waals surface area contributed by atoms with Crippen molar-refractivity contribution < 1.29 is 28.6 Å². The molecule has 0 heterocycles. The number of allylic oxidation sites excluding steroid dienone is 4. The van der Waals surface area contributed by atoms with E-state index in [4.69, 9.17) is 14.2 Å². The molecule has 0 aromatic heterocycles. The van der Waals surface area contributed by atoms with Crippen molar-refractivity contribution in [3.8, 4) is 0 Å². The van der Waals surface area contributed by atoms with Gasteiger partial charge in [-0.3, -0.25) is 14.4 Å². The summed E-state index contributed by atoms with van der Waals surface area (Å²) in [6, 6.07) is 0. The Morgan fingerprint density at radius 3 is 0.797 bits per heavy atom. The Bertz CT molecular complexity index is 1040. The molecule has 1 atom stereocenters. The maximum absolute atomic E-state index is 12.8. The fourth-order valence-corrected chi connectivity index (χ4v) is 8.37. The number of ether oxygens (including phenoxy) is 3. The second kappa shape index (κ2) is 53.5. The van der Waals surface area contributed by atoms with Crippen molar-refractivity contribution >= 4 is 17.9 Å². The van der Waals surface area contributed by atoms with Crippen molar-refractivity contribution in [1.82, 2.24) is 0 Å². The Morgan fingerprint density at radius 1 is 0.297 bits per heavy atom. The number of carbonyl (C=O) groups is 3. The molecule has 0 fully saturated rings. The molecule has 0 radical (unpaired) electrons. The minimum Gasteiger partial charge on any atom is -0.462 e. The molecule has 0 aromatic rings. The topological polar surface area (TPSA) is 78.9 Å². The van der Waals surface area contributed by atoms with E-state index in [0.717, 1.165) is 70.6 Å². The highest BCUT2D eigenvalue weighted by Crippen LogP contribution is 2.16. The van der Waals surface area contributed by atoms with Crippen LogP contribution >= 0.6 is 0 Å². The molecule has 0 unspecified atom stereocenters. The molecule has 0 aliphatic heterocycles. The van der Waals surface area contributed by atoms with Gasteiger partial charge in [-0.15, -0.1) is 0 Å². The van der Waals surface area contributed by atoms with Crippen LogP contribution in [0.1, 0.15) is 310 Å². The van der Waals surface area contributed by atoms with E-state index in [2.05, 4.69) is 45.1 Å². The predicted molar refractivity (Wildman–Crippen MR) is 275 cm³/mol. The van der Waals surface area contributed by atoms with Gasteiger partial charge in [0.2, 0.25) is 0 Å². The van der Waals surface area contributed by atoms with E-state index in [9.17, 15) is 14.4 Å². The Morgan fingerprint density at radius 2 is 0.516 bits per heavy atom. The van der Waals surface area contributed by atoms with Gasteiger partial charge in [-0.05, 0) is 70.6 Å². The number of rotatable bonds is 52. The highest BCUT2D eigenvalue weighted by Gasteiger charge is 2.19. The molecule has 0 aliphatic rings. The Balaban J connectivity index is 4.33. The first-order chi connectivity index (χ1) is 31.5. The van der Waals surface area contributed by atoms with Gasteiger partial charge in [0.05, 0.1) is 0 Å². The zero-order valence-corrected chi connectivity index (χ0v) is 43.1. The second-order valence-electron chi connectivity index (χ2n) is 19.2. The third kappa shape index (κ3) is 50.9. The summed E-state index contributed by atoms with van der Waals surface area (Å²) < 4.78 is 16.8.